The van der Waals surface area contributed by atoms with Crippen molar-refractivity contribution in [1.82, 2.24) is 4.90 Å². The summed E-state index contributed by atoms with van der Waals surface area (Å²) in [7, 11) is 0. The van der Waals surface area contributed by atoms with Crippen LogP contribution in [0.4, 0.5) is 5.69 Å². The summed E-state index contributed by atoms with van der Waals surface area (Å²) in [5.41, 5.74) is -0.0290. The molecule has 2 atom stereocenters. The van der Waals surface area contributed by atoms with Crippen molar-refractivity contribution in [1.29, 1.82) is 0 Å². The maximum Gasteiger partial charge on any atom is 0.348 e. The summed E-state index contributed by atoms with van der Waals surface area (Å²) in [5, 5.41) is 11.4. The summed E-state index contributed by atoms with van der Waals surface area (Å²) in [4.78, 5) is 37.0. The number of nitrogens with zero attached hydrogens (tertiary/aromatic N) is 2. The molecule has 0 spiro atoms. The van der Waals surface area contributed by atoms with Crippen LogP contribution in [-0.4, -0.2) is 41.4 Å². The number of carbonyl (C=O) groups is 2. The van der Waals surface area contributed by atoms with E-state index in [2.05, 4.69) is 13.8 Å². The average molecular weight is 376 g/mol. The van der Waals surface area contributed by atoms with Gasteiger partial charge in [0.05, 0.1) is 4.92 Å². The molecule has 8 heteroatoms. The van der Waals surface area contributed by atoms with Gasteiger partial charge in [-0.2, -0.15) is 0 Å². The van der Waals surface area contributed by atoms with Crippen molar-refractivity contribution in [2.24, 2.45) is 11.8 Å². The van der Waals surface area contributed by atoms with E-state index < -0.39 is 10.9 Å². The topological polar surface area (TPSA) is 89.8 Å². The van der Waals surface area contributed by atoms with Crippen molar-refractivity contribution >= 4 is 39.0 Å². The molecule has 7 nitrogen and oxygen atoms in total. The van der Waals surface area contributed by atoms with E-state index in [-0.39, 0.29) is 18.2 Å². The zero-order valence-corrected chi connectivity index (χ0v) is 15.5. The molecule has 1 amide bonds. The van der Waals surface area contributed by atoms with Crippen molar-refractivity contribution < 1.29 is 19.2 Å². The van der Waals surface area contributed by atoms with Crippen LogP contribution in [0.15, 0.2) is 24.3 Å². The number of non-ortho nitro benzene ring substituents is 1. The predicted molar refractivity (Wildman–Crippen MR) is 98.3 cm³/mol. The lowest BCUT2D eigenvalue weighted by molar-refractivity contribution is -0.384. The zero-order valence-electron chi connectivity index (χ0n) is 14.6. The Bertz CT molecular complexity index is 852. The van der Waals surface area contributed by atoms with Gasteiger partial charge >= 0.3 is 5.97 Å². The molecule has 0 saturated carbocycles. The number of hydrogen-bond acceptors (Lipinski definition) is 6. The molecule has 0 aliphatic carbocycles. The molecular weight excluding hydrogens is 356 g/mol. The zero-order chi connectivity index (χ0) is 18.8. The summed E-state index contributed by atoms with van der Waals surface area (Å²) in [6.45, 7) is 5.31. The SMILES string of the molecule is C[C@@H]1C[C@H](C)CN(C(=O)COC(=O)c2cc3cc([N+](=O)[O-])ccc3s2)C1. The van der Waals surface area contributed by atoms with Crippen molar-refractivity contribution in [2.45, 2.75) is 20.3 Å². The van der Waals surface area contributed by atoms with Gasteiger partial charge in [0.2, 0.25) is 0 Å². The Hall–Kier alpha value is -2.48. The Labute approximate surface area is 154 Å². The number of amides is 1. The smallest absolute Gasteiger partial charge is 0.348 e. The molecule has 138 valence electrons. The van der Waals surface area contributed by atoms with Crippen LogP contribution in [-0.2, 0) is 9.53 Å². The largest absolute Gasteiger partial charge is 0.451 e. The minimum absolute atomic E-state index is 0.0290. The van der Waals surface area contributed by atoms with Crippen LogP contribution in [0.2, 0.25) is 0 Å². The molecule has 1 aromatic carbocycles. The van der Waals surface area contributed by atoms with Gasteiger partial charge in [-0.25, -0.2) is 4.79 Å². The van der Waals surface area contributed by atoms with E-state index in [9.17, 15) is 19.7 Å². The summed E-state index contributed by atoms with van der Waals surface area (Å²) >= 11 is 1.19. The quantitative estimate of drug-likeness (QED) is 0.463. The highest BCUT2D eigenvalue weighted by Crippen LogP contribution is 2.29. The molecular formula is C18H20N2O5S. The van der Waals surface area contributed by atoms with Crippen LogP contribution in [0.5, 0.6) is 0 Å². The molecule has 1 saturated heterocycles. The first kappa shape index (κ1) is 18.3. The molecule has 1 aliphatic heterocycles. The van der Waals surface area contributed by atoms with E-state index in [1.54, 1.807) is 17.0 Å². The highest BCUT2D eigenvalue weighted by molar-refractivity contribution is 7.20. The fourth-order valence-electron chi connectivity index (χ4n) is 3.40. The Kier molecular flexibility index (Phi) is 5.22. The minimum atomic E-state index is -0.583. The fraction of sp³-hybridized carbons (Fsp3) is 0.444. The maximum absolute atomic E-state index is 12.3. The van der Waals surface area contributed by atoms with Crippen molar-refractivity contribution in [3.8, 4) is 0 Å². The van der Waals surface area contributed by atoms with Crippen LogP contribution < -0.4 is 0 Å². The number of fused-ring (bicyclic) bond motifs is 1. The molecule has 1 fully saturated rings. The number of ether oxygens (including phenoxy) is 1. The van der Waals surface area contributed by atoms with Gasteiger partial charge in [-0.15, -0.1) is 11.3 Å². The summed E-state index contributed by atoms with van der Waals surface area (Å²) in [6.07, 6.45) is 1.09. The number of benzene rings is 1. The third-order valence-electron chi connectivity index (χ3n) is 4.46. The van der Waals surface area contributed by atoms with Gasteiger partial charge in [0.25, 0.3) is 11.6 Å². The number of rotatable bonds is 4. The summed E-state index contributed by atoms with van der Waals surface area (Å²) in [5.74, 6) is 0.113. The second kappa shape index (κ2) is 7.41. The van der Waals surface area contributed by atoms with Gasteiger partial charge < -0.3 is 9.64 Å². The second-order valence-corrected chi connectivity index (χ2v) is 7.99. The predicted octanol–water partition coefficient (Wildman–Crippen LogP) is 3.47. The lowest BCUT2D eigenvalue weighted by atomic mass is 9.92. The van der Waals surface area contributed by atoms with Crippen molar-refractivity contribution in [2.75, 3.05) is 19.7 Å². The first-order valence-electron chi connectivity index (χ1n) is 8.46. The fourth-order valence-corrected chi connectivity index (χ4v) is 4.34. The number of piperidine rings is 1. The van der Waals surface area contributed by atoms with E-state index >= 15 is 0 Å². The van der Waals surface area contributed by atoms with Gasteiger partial charge in [-0.1, -0.05) is 13.8 Å². The number of likely N-dealkylation sites (tertiary alicyclic amines) is 1. The third kappa shape index (κ3) is 4.01. The molecule has 0 unspecified atom stereocenters. The van der Waals surface area contributed by atoms with Crippen molar-refractivity contribution in [3.05, 3.63) is 39.3 Å². The molecule has 0 radical (unpaired) electrons. The molecule has 1 aliphatic rings. The first-order chi connectivity index (χ1) is 12.3. The molecule has 26 heavy (non-hydrogen) atoms. The monoisotopic (exact) mass is 376 g/mol. The van der Waals surface area contributed by atoms with E-state index in [1.807, 2.05) is 0 Å². The minimum Gasteiger partial charge on any atom is -0.451 e. The number of nitro benzene ring substituents is 1. The van der Waals surface area contributed by atoms with Gasteiger partial charge in [-0.05, 0) is 30.4 Å². The molecule has 2 heterocycles. The summed E-state index contributed by atoms with van der Waals surface area (Å²) in [6, 6.07) is 5.99. The number of thiophene rings is 1. The van der Waals surface area contributed by atoms with Crippen LogP contribution in [0, 0.1) is 22.0 Å². The molecule has 1 aromatic heterocycles. The van der Waals surface area contributed by atoms with E-state index in [0.717, 1.165) is 11.1 Å². The van der Waals surface area contributed by atoms with Crippen LogP contribution in [0.25, 0.3) is 10.1 Å². The van der Waals surface area contributed by atoms with Crippen LogP contribution >= 0.6 is 11.3 Å². The highest BCUT2D eigenvalue weighted by Gasteiger charge is 2.26. The third-order valence-corrected chi connectivity index (χ3v) is 5.56. The Balaban J connectivity index is 1.63. The number of carbonyl (C=O) groups excluding carboxylic acids is 2. The average Bonchev–Trinajstić information content (AvgIpc) is 3.01. The lowest BCUT2D eigenvalue weighted by Gasteiger charge is -2.34. The molecule has 0 N–H and O–H groups in total. The van der Waals surface area contributed by atoms with Gasteiger partial charge in [-0.3, -0.25) is 14.9 Å². The van der Waals surface area contributed by atoms with Crippen LogP contribution in [0.1, 0.15) is 29.9 Å². The van der Waals surface area contributed by atoms with Crippen LogP contribution in [0.3, 0.4) is 0 Å². The highest BCUT2D eigenvalue weighted by atomic mass is 32.1. The Morgan fingerprint density at radius 1 is 1.27 bits per heavy atom. The van der Waals surface area contributed by atoms with Crippen molar-refractivity contribution in [3.63, 3.8) is 0 Å². The maximum atomic E-state index is 12.3. The van der Waals surface area contributed by atoms with E-state index in [1.165, 1.54) is 23.5 Å². The van der Waals surface area contributed by atoms with Gasteiger partial charge in [0, 0.05) is 35.3 Å². The van der Waals surface area contributed by atoms with E-state index in [0.29, 0.717) is 35.2 Å². The first-order valence-corrected chi connectivity index (χ1v) is 9.28. The van der Waals surface area contributed by atoms with Gasteiger partial charge in [0.1, 0.15) is 4.88 Å². The summed E-state index contributed by atoms with van der Waals surface area (Å²) < 4.78 is 5.92. The molecule has 2 aromatic rings. The Morgan fingerprint density at radius 3 is 2.62 bits per heavy atom. The second-order valence-electron chi connectivity index (χ2n) is 6.91. The van der Waals surface area contributed by atoms with Gasteiger partial charge in [0.15, 0.2) is 6.61 Å². The number of nitro groups is 1. The van der Waals surface area contributed by atoms with E-state index in [4.69, 9.17) is 4.74 Å². The molecule has 0 bridgehead atoms. The number of hydrogen-bond donors (Lipinski definition) is 0. The normalized spacial score (nSPS) is 20.2. The Morgan fingerprint density at radius 2 is 1.96 bits per heavy atom. The lowest BCUT2D eigenvalue weighted by Crippen LogP contribution is -2.44. The number of esters is 1. The standard InChI is InChI=1S/C18H20N2O5S/c1-11-5-12(2)9-19(8-11)17(21)10-25-18(22)16-7-13-6-14(20(23)24)3-4-15(13)26-16/h3-4,6-7,11-12H,5,8-10H2,1-2H3/t11-,12+. The molecule has 3 rings (SSSR count).